The van der Waals surface area contributed by atoms with E-state index >= 15 is 0 Å². The molecule has 2 rings (SSSR count). The first-order valence-electron chi connectivity index (χ1n) is 6.71. The summed E-state index contributed by atoms with van der Waals surface area (Å²) in [6.45, 7) is 4.50. The molecule has 0 bridgehead atoms. The number of aromatic nitrogens is 2. The molecule has 0 aliphatic heterocycles. The minimum Gasteiger partial charge on any atom is -0.307 e. The van der Waals surface area contributed by atoms with Gasteiger partial charge in [-0.1, -0.05) is 13.3 Å². The minimum absolute atomic E-state index is 0.258. The summed E-state index contributed by atoms with van der Waals surface area (Å²) in [4.78, 5) is 12.1. The highest BCUT2D eigenvalue weighted by Crippen LogP contribution is 2.13. The predicted octanol–water partition coefficient (Wildman–Crippen LogP) is 3.38. The Balaban J connectivity index is 2.11. The Morgan fingerprint density at radius 3 is 2.90 bits per heavy atom. The number of halogens is 1. The maximum Gasteiger partial charge on any atom is 0.256 e. The lowest BCUT2D eigenvalue weighted by molar-refractivity contribution is 0.102. The van der Waals surface area contributed by atoms with E-state index in [0.717, 1.165) is 19.4 Å². The summed E-state index contributed by atoms with van der Waals surface area (Å²) in [5, 5.41) is 6.98. The second-order valence-corrected chi connectivity index (χ2v) is 4.71. The molecule has 1 heterocycles. The van der Waals surface area contributed by atoms with Gasteiger partial charge in [-0.3, -0.25) is 4.79 Å². The van der Waals surface area contributed by atoms with Gasteiger partial charge in [0.25, 0.3) is 5.91 Å². The van der Waals surface area contributed by atoms with Gasteiger partial charge in [-0.05, 0) is 37.1 Å². The van der Waals surface area contributed by atoms with Crippen LogP contribution < -0.4 is 5.32 Å². The number of aryl methyl sites for hydroxylation is 2. The predicted molar refractivity (Wildman–Crippen MR) is 76.2 cm³/mol. The van der Waals surface area contributed by atoms with E-state index in [-0.39, 0.29) is 11.7 Å². The summed E-state index contributed by atoms with van der Waals surface area (Å²) in [6, 6.07) is 6.07. The highest BCUT2D eigenvalue weighted by atomic mass is 19.1. The van der Waals surface area contributed by atoms with Crippen LogP contribution in [0.4, 0.5) is 10.2 Å². The number of hydrogen-bond donors (Lipinski definition) is 1. The standard InChI is InChI=1S/C15H18FN3O/c1-3-4-9-19-14(7-8-17-19)18-15(20)12-5-6-13(16)11(2)10-12/h5-8,10H,3-4,9H2,1-2H3,(H,18,20). The molecular formula is C15H18FN3O. The molecule has 0 saturated carbocycles. The van der Waals surface area contributed by atoms with E-state index in [1.165, 1.54) is 18.2 Å². The largest absolute Gasteiger partial charge is 0.307 e. The topological polar surface area (TPSA) is 46.9 Å². The van der Waals surface area contributed by atoms with Crippen molar-refractivity contribution in [2.75, 3.05) is 5.32 Å². The van der Waals surface area contributed by atoms with E-state index in [0.29, 0.717) is 16.9 Å². The van der Waals surface area contributed by atoms with Crippen molar-refractivity contribution in [1.82, 2.24) is 9.78 Å². The van der Waals surface area contributed by atoms with Gasteiger partial charge in [-0.15, -0.1) is 0 Å². The second kappa shape index (κ2) is 6.32. The van der Waals surface area contributed by atoms with E-state index in [1.807, 2.05) is 0 Å². The maximum absolute atomic E-state index is 13.2. The molecule has 0 fully saturated rings. The molecule has 0 aliphatic carbocycles. The fourth-order valence-electron chi connectivity index (χ4n) is 1.90. The van der Waals surface area contributed by atoms with Crippen LogP contribution >= 0.6 is 0 Å². The summed E-state index contributed by atoms with van der Waals surface area (Å²) >= 11 is 0. The first kappa shape index (κ1) is 14.2. The molecule has 0 atom stereocenters. The Labute approximate surface area is 117 Å². The molecule has 1 N–H and O–H groups in total. The summed E-state index contributed by atoms with van der Waals surface area (Å²) < 4.78 is 15.0. The number of benzene rings is 1. The van der Waals surface area contributed by atoms with E-state index in [9.17, 15) is 9.18 Å². The second-order valence-electron chi connectivity index (χ2n) is 4.71. The van der Waals surface area contributed by atoms with Crippen molar-refractivity contribution in [2.45, 2.75) is 33.2 Å². The van der Waals surface area contributed by atoms with E-state index in [2.05, 4.69) is 17.3 Å². The van der Waals surface area contributed by atoms with Crippen molar-refractivity contribution in [3.63, 3.8) is 0 Å². The number of rotatable bonds is 5. The molecule has 106 valence electrons. The van der Waals surface area contributed by atoms with E-state index in [1.54, 1.807) is 23.9 Å². The quantitative estimate of drug-likeness (QED) is 0.909. The highest BCUT2D eigenvalue weighted by molar-refractivity contribution is 6.03. The van der Waals surface area contributed by atoms with Crippen LogP contribution in [-0.4, -0.2) is 15.7 Å². The Morgan fingerprint density at radius 1 is 1.40 bits per heavy atom. The van der Waals surface area contributed by atoms with Gasteiger partial charge < -0.3 is 5.32 Å². The van der Waals surface area contributed by atoms with Crippen LogP contribution in [0.3, 0.4) is 0 Å². The Hall–Kier alpha value is -2.17. The molecule has 0 spiro atoms. The van der Waals surface area contributed by atoms with Crippen LogP contribution in [-0.2, 0) is 6.54 Å². The lowest BCUT2D eigenvalue weighted by Crippen LogP contribution is -2.16. The summed E-state index contributed by atoms with van der Waals surface area (Å²) in [6.07, 6.45) is 3.71. The highest BCUT2D eigenvalue weighted by Gasteiger charge is 2.10. The molecule has 20 heavy (non-hydrogen) atoms. The van der Waals surface area contributed by atoms with Crippen molar-refractivity contribution in [1.29, 1.82) is 0 Å². The molecule has 5 heteroatoms. The van der Waals surface area contributed by atoms with Crippen molar-refractivity contribution in [2.24, 2.45) is 0 Å². The molecule has 1 aromatic heterocycles. The van der Waals surface area contributed by atoms with Crippen LogP contribution in [0.25, 0.3) is 0 Å². The lowest BCUT2D eigenvalue weighted by atomic mass is 10.1. The van der Waals surface area contributed by atoms with Crippen LogP contribution in [0.15, 0.2) is 30.5 Å². The molecule has 1 amide bonds. The van der Waals surface area contributed by atoms with Crippen LogP contribution in [0.2, 0.25) is 0 Å². The minimum atomic E-state index is -0.311. The van der Waals surface area contributed by atoms with Gasteiger partial charge in [-0.25, -0.2) is 9.07 Å². The van der Waals surface area contributed by atoms with Gasteiger partial charge in [0.1, 0.15) is 11.6 Å². The van der Waals surface area contributed by atoms with E-state index < -0.39 is 0 Å². The SMILES string of the molecule is CCCCn1nccc1NC(=O)c1ccc(F)c(C)c1. The van der Waals surface area contributed by atoms with Gasteiger partial charge in [-0.2, -0.15) is 5.10 Å². The lowest BCUT2D eigenvalue weighted by Gasteiger charge is -2.09. The smallest absolute Gasteiger partial charge is 0.256 e. The molecule has 1 aromatic carbocycles. The normalized spacial score (nSPS) is 10.6. The summed E-state index contributed by atoms with van der Waals surface area (Å²) in [7, 11) is 0. The zero-order chi connectivity index (χ0) is 14.5. The van der Waals surface area contributed by atoms with Crippen LogP contribution in [0.1, 0.15) is 35.7 Å². The molecule has 0 aliphatic rings. The van der Waals surface area contributed by atoms with Crippen molar-refractivity contribution < 1.29 is 9.18 Å². The van der Waals surface area contributed by atoms with Crippen molar-refractivity contribution in [3.8, 4) is 0 Å². The number of anilines is 1. The number of hydrogen-bond acceptors (Lipinski definition) is 2. The number of unbranched alkanes of at least 4 members (excludes halogenated alkanes) is 1. The average Bonchev–Trinajstić information content (AvgIpc) is 2.86. The zero-order valence-electron chi connectivity index (χ0n) is 11.7. The van der Waals surface area contributed by atoms with Gasteiger partial charge >= 0.3 is 0 Å². The fraction of sp³-hybridized carbons (Fsp3) is 0.333. The van der Waals surface area contributed by atoms with Crippen molar-refractivity contribution >= 4 is 11.7 Å². The molecule has 2 aromatic rings. The zero-order valence-corrected chi connectivity index (χ0v) is 11.7. The van der Waals surface area contributed by atoms with E-state index in [4.69, 9.17) is 0 Å². The van der Waals surface area contributed by atoms with Crippen molar-refractivity contribution in [3.05, 3.63) is 47.4 Å². The molecule has 4 nitrogen and oxygen atoms in total. The Morgan fingerprint density at radius 2 is 2.20 bits per heavy atom. The first-order valence-corrected chi connectivity index (χ1v) is 6.71. The number of carbonyl (C=O) groups excluding carboxylic acids is 1. The average molecular weight is 275 g/mol. The third kappa shape index (κ3) is 3.23. The van der Waals surface area contributed by atoms with Gasteiger partial charge in [0.05, 0.1) is 6.20 Å². The number of amides is 1. The molecule has 0 unspecified atom stereocenters. The third-order valence-corrected chi connectivity index (χ3v) is 3.10. The summed E-state index contributed by atoms with van der Waals surface area (Å²) in [5.41, 5.74) is 0.893. The first-order chi connectivity index (χ1) is 9.61. The Kier molecular flexibility index (Phi) is 4.50. The van der Waals surface area contributed by atoms with Gasteiger partial charge in [0, 0.05) is 18.2 Å². The number of carbonyl (C=O) groups is 1. The molecule has 0 saturated heterocycles. The molecule has 0 radical (unpaired) electrons. The van der Waals surface area contributed by atoms with Crippen LogP contribution in [0.5, 0.6) is 0 Å². The number of nitrogens with zero attached hydrogens (tertiary/aromatic N) is 2. The number of nitrogens with one attached hydrogen (secondary N) is 1. The third-order valence-electron chi connectivity index (χ3n) is 3.10. The van der Waals surface area contributed by atoms with Gasteiger partial charge in [0.15, 0.2) is 0 Å². The fourth-order valence-corrected chi connectivity index (χ4v) is 1.90. The maximum atomic E-state index is 13.2. The molecular weight excluding hydrogens is 257 g/mol. The van der Waals surface area contributed by atoms with Crippen LogP contribution in [0, 0.1) is 12.7 Å². The van der Waals surface area contributed by atoms with Gasteiger partial charge in [0.2, 0.25) is 0 Å². The Bertz CT molecular complexity index is 607. The summed E-state index contributed by atoms with van der Waals surface area (Å²) in [5.74, 6) is 0.0892. The monoisotopic (exact) mass is 275 g/mol.